The van der Waals surface area contributed by atoms with Crippen LogP contribution in [0.1, 0.15) is 27.2 Å². The average molecular weight is 340 g/mol. The van der Waals surface area contributed by atoms with Crippen molar-refractivity contribution in [3.05, 3.63) is 0 Å². The Morgan fingerprint density at radius 2 is 1.83 bits per heavy atom. The zero-order chi connectivity index (χ0) is 17.7. The first-order valence-corrected chi connectivity index (χ1v) is 7.53. The summed E-state index contributed by atoms with van der Waals surface area (Å²) in [6.07, 6.45) is -5.15. The second kappa shape index (κ2) is 7.96. The highest BCUT2D eigenvalue weighted by Crippen LogP contribution is 2.35. The first kappa shape index (κ1) is 19.7. The third kappa shape index (κ3) is 4.57. The topological polar surface area (TPSA) is 67.9 Å². The van der Waals surface area contributed by atoms with Crippen LogP contribution in [-0.2, 0) is 19.1 Å². The van der Waals surface area contributed by atoms with Crippen molar-refractivity contribution in [3.63, 3.8) is 0 Å². The molecule has 0 spiro atoms. The van der Waals surface area contributed by atoms with Gasteiger partial charge >= 0.3 is 12.1 Å². The molecule has 1 saturated heterocycles. The maximum atomic E-state index is 13.8. The number of carbonyl (C=O) groups excluding carboxylic acids is 2. The Hall–Kier alpha value is -1.35. The van der Waals surface area contributed by atoms with E-state index in [2.05, 4.69) is 4.74 Å². The van der Waals surface area contributed by atoms with Gasteiger partial charge in [-0.05, 0) is 12.8 Å². The minimum absolute atomic E-state index is 0.0390. The third-order valence-corrected chi connectivity index (χ3v) is 3.38. The molecule has 1 atom stereocenters. The van der Waals surface area contributed by atoms with Crippen LogP contribution in [-0.4, -0.2) is 61.5 Å². The summed E-state index contributed by atoms with van der Waals surface area (Å²) in [6, 6.07) is 0. The fourth-order valence-electron chi connectivity index (χ4n) is 2.38. The van der Waals surface area contributed by atoms with Crippen molar-refractivity contribution in [2.45, 2.75) is 39.0 Å². The summed E-state index contributed by atoms with van der Waals surface area (Å²) in [5, 5.41) is 1.89. The van der Waals surface area contributed by atoms with Crippen molar-refractivity contribution in [2.75, 3.05) is 32.9 Å². The standard InChI is InChI=1S/C14H23F3N2O4/c1-4-23-12(21)13(14(15,16)17,18-11(20)9-10(2)3)19-5-7-22-8-6-19/h10H,4-9H2,1-3H3,(H,18,20)/t13-/m1/s1. The number of hydrogen-bond donors (Lipinski definition) is 1. The Labute approximate surface area is 133 Å². The predicted molar refractivity (Wildman–Crippen MR) is 75.4 cm³/mol. The molecule has 1 N–H and O–H groups in total. The van der Waals surface area contributed by atoms with Crippen LogP contribution >= 0.6 is 0 Å². The number of hydrogen-bond acceptors (Lipinski definition) is 5. The van der Waals surface area contributed by atoms with Gasteiger partial charge in [0.2, 0.25) is 5.91 Å². The van der Waals surface area contributed by atoms with E-state index < -0.39 is 23.7 Å². The van der Waals surface area contributed by atoms with Crippen LogP contribution in [0, 0.1) is 5.92 Å². The summed E-state index contributed by atoms with van der Waals surface area (Å²) in [5.41, 5.74) is -3.18. The summed E-state index contributed by atoms with van der Waals surface area (Å²) in [6.45, 7) is 4.40. The van der Waals surface area contributed by atoms with Gasteiger partial charge in [0.1, 0.15) is 0 Å². The van der Waals surface area contributed by atoms with E-state index >= 15 is 0 Å². The Morgan fingerprint density at radius 3 is 2.26 bits per heavy atom. The van der Waals surface area contributed by atoms with E-state index in [9.17, 15) is 22.8 Å². The Bertz CT molecular complexity index is 423. The lowest BCUT2D eigenvalue weighted by atomic mass is 10.0. The van der Waals surface area contributed by atoms with Gasteiger partial charge in [0, 0.05) is 19.5 Å². The van der Waals surface area contributed by atoms with Crippen LogP contribution in [0.3, 0.4) is 0 Å². The highest BCUT2D eigenvalue weighted by Gasteiger charge is 2.66. The number of halogens is 3. The normalized spacial score (nSPS) is 19.3. The van der Waals surface area contributed by atoms with E-state index in [0.717, 1.165) is 4.90 Å². The summed E-state index contributed by atoms with van der Waals surface area (Å²) in [5.74, 6) is -2.52. The van der Waals surface area contributed by atoms with Crippen LogP contribution < -0.4 is 5.32 Å². The van der Waals surface area contributed by atoms with E-state index in [0.29, 0.717) is 0 Å². The van der Waals surface area contributed by atoms with Gasteiger partial charge < -0.3 is 14.8 Å². The van der Waals surface area contributed by atoms with Gasteiger partial charge in [0.25, 0.3) is 5.66 Å². The Kier molecular flexibility index (Phi) is 6.82. The van der Waals surface area contributed by atoms with Crippen LogP contribution in [0.2, 0.25) is 0 Å². The maximum Gasteiger partial charge on any atom is 0.436 e. The van der Waals surface area contributed by atoms with Crippen LogP contribution in [0.5, 0.6) is 0 Å². The molecule has 0 radical (unpaired) electrons. The van der Waals surface area contributed by atoms with Crippen molar-refractivity contribution in [1.29, 1.82) is 0 Å². The van der Waals surface area contributed by atoms with Crippen molar-refractivity contribution in [1.82, 2.24) is 10.2 Å². The van der Waals surface area contributed by atoms with Gasteiger partial charge in [0.15, 0.2) is 0 Å². The van der Waals surface area contributed by atoms with Crippen molar-refractivity contribution in [2.24, 2.45) is 5.92 Å². The number of alkyl halides is 3. The highest BCUT2D eigenvalue weighted by molar-refractivity contribution is 5.88. The van der Waals surface area contributed by atoms with Gasteiger partial charge in [-0.3, -0.25) is 9.69 Å². The lowest BCUT2D eigenvalue weighted by molar-refractivity contribution is -0.255. The molecule has 6 nitrogen and oxygen atoms in total. The van der Waals surface area contributed by atoms with Gasteiger partial charge in [-0.15, -0.1) is 0 Å². The summed E-state index contributed by atoms with van der Waals surface area (Å²) in [4.78, 5) is 25.1. The van der Waals surface area contributed by atoms with Crippen molar-refractivity contribution >= 4 is 11.9 Å². The number of morpholine rings is 1. The molecule has 0 saturated carbocycles. The first-order chi connectivity index (χ1) is 10.6. The molecule has 1 fully saturated rings. The number of carbonyl (C=O) groups is 2. The molecule has 0 aromatic rings. The van der Waals surface area contributed by atoms with E-state index in [4.69, 9.17) is 4.74 Å². The van der Waals surface area contributed by atoms with Crippen LogP contribution in [0.4, 0.5) is 13.2 Å². The smallest absolute Gasteiger partial charge is 0.436 e. The monoisotopic (exact) mass is 340 g/mol. The second-order valence-electron chi connectivity index (χ2n) is 5.67. The minimum atomic E-state index is -5.02. The van der Waals surface area contributed by atoms with E-state index in [1.54, 1.807) is 13.8 Å². The minimum Gasteiger partial charge on any atom is -0.463 e. The number of amides is 1. The fourth-order valence-corrected chi connectivity index (χ4v) is 2.38. The number of ether oxygens (including phenoxy) is 2. The maximum absolute atomic E-state index is 13.8. The highest BCUT2D eigenvalue weighted by atomic mass is 19.4. The molecule has 134 valence electrons. The van der Waals surface area contributed by atoms with Gasteiger partial charge in [0.05, 0.1) is 19.8 Å². The van der Waals surface area contributed by atoms with E-state index in [1.165, 1.54) is 6.92 Å². The summed E-state index contributed by atoms with van der Waals surface area (Å²) in [7, 11) is 0. The molecule has 0 aromatic heterocycles. The molecule has 9 heteroatoms. The number of rotatable bonds is 6. The molecule has 23 heavy (non-hydrogen) atoms. The first-order valence-electron chi connectivity index (χ1n) is 7.53. The second-order valence-corrected chi connectivity index (χ2v) is 5.67. The quantitative estimate of drug-likeness (QED) is 0.739. The zero-order valence-electron chi connectivity index (χ0n) is 13.5. The molecule has 1 heterocycles. The molecule has 0 unspecified atom stereocenters. The molecule has 1 rings (SSSR count). The molecule has 0 bridgehead atoms. The van der Waals surface area contributed by atoms with Crippen LogP contribution in [0.25, 0.3) is 0 Å². The average Bonchev–Trinajstić information content (AvgIpc) is 2.43. The molecular weight excluding hydrogens is 317 g/mol. The van der Waals surface area contributed by atoms with Gasteiger partial charge in [-0.1, -0.05) is 13.8 Å². The number of nitrogens with one attached hydrogen (secondary N) is 1. The molecule has 1 amide bonds. The van der Waals surface area contributed by atoms with Crippen LogP contribution in [0.15, 0.2) is 0 Å². The zero-order valence-corrected chi connectivity index (χ0v) is 13.5. The molecule has 1 aliphatic heterocycles. The van der Waals surface area contributed by atoms with Gasteiger partial charge in [-0.25, -0.2) is 4.79 Å². The number of esters is 1. The third-order valence-electron chi connectivity index (χ3n) is 3.38. The van der Waals surface area contributed by atoms with E-state index in [1.807, 2.05) is 5.32 Å². The van der Waals surface area contributed by atoms with E-state index in [-0.39, 0.29) is 45.2 Å². The summed E-state index contributed by atoms with van der Waals surface area (Å²) < 4.78 is 51.2. The molecule has 1 aliphatic rings. The Balaban J connectivity index is 3.22. The van der Waals surface area contributed by atoms with Gasteiger partial charge in [-0.2, -0.15) is 13.2 Å². The lowest BCUT2D eigenvalue weighted by Crippen LogP contribution is -2.75. The van der Waals surface area contributed by atoms with Crippen molar-refractivity contribution < 1.29 is 32.2 Å². The SMILES string of the molecule is CCOC(=O)[C@@](NC(=O)CC(C)C)(N1CCOCC1)C(F)(F)F. The predicted octanol–water partition coefficient (Wildman–Crippen LogP) is 1.30. The largest absolute Gasteiger partial charge is 0.463 e. The fraction of sp³-hybridized carbons (Fsp3) is 0.857. The molecule has 0 aromatic carbocycles. The molecular formula is C14H23F3N2O4. The molecule has 0 aliphatic carbocycles. The Morgan fingerprint density at radius 1 is 1.26 bits per heavy atom. The lowest BCUT2D eigenvalue weighted by Gasteiger charge is -2.44. The summed E-state index contributed by atoms with van der Waals surface area (Å²) >= 11 is 0. The number of nitrogens with zero attached hydrogens (tertiary/aromatic N) is 1. The van der Waals surface area contributed by atoms with Crippen molar-refractivity contribution in [3.8, 4) is 0 Å².